The van der Waals surface area contributed by atoms with Crippen LogP contribution >= 0.6 is 0 Å². The van der Waals surface area contributed by atoms with Gasteiger partial charge in [0.1, 0.15) is 5.60 Å². The molecule has 104 valence electrons. The Morgan fingerprint density at radius 2 is 1.95 bits per heavy atom. The minimum absolute atomic E-state index is 0.0419. The Kier molecular flexibility index (Phi) is 4.22. The molecule has 4 nitrogen and oxygen atoms in total. The summed E-state index contributed by atoms with van der Waals surface area (Å²) < 4.78 is 5.51. The van der Waals surface area contributed by atoms with Crippen molar-refractivity contribution in [3.63, 3.8) is 0 Å². The van der Waals surface area contributed by atoms with Crippen molar-refractivity contribution < 1.29 is 9.53 Å². The molecule has 1 amide bonds. The number of ether oxygens (including phenoxy) is 1. The van der Waals surface area contributed by atoms with Crippen LogP contribution in [0.5, 0.6) is 0 Å². The van der Waals surface area contributed by atoms with Gasteiger partial charge < -0.3 is 15.4 Å². The Hall–Kier alpha value is -1.39. The standard InChI is InChI=1S/C15H22N2O2/c1-11-4-5-13(10-12(11)2)17-14(18)15(19-3)6-8-16-9-7-15/h4-5,10,16H,6-9H2,1-3H3,(H,17,18). The van der Waals surface area contributed by atoms with Crippen molar-refractivity contribution in [1.82, 2.24) is 5.32 Å². The number of aryl methyl sites for hydroxylation is 2. The topological polar surface area (TPSA) is 50.4 Å². The molecule has 0 bridgehead atoms. The maximum Gasteiger partial charge on any atom is 0.256 e. The fourth-order valence-electron chi connectivity index (χ4n) is 2.42. The van der Waals surface area contributed by atoms with Crippen molar-refractivity contribution in [2.24, 2.45) is 0 Å². The lowest BCUT2D eigenvalue weighted by atomic mass is 9.91. The van der Waals surface area contributed by atoms with Gasteiger partial charge >= 0.3 is 0 Å². The van der Waals surface area contributed by atoms with Gasteiger partial charge in [0.2, 0.25) is 0 Å². The number of anilines is 1. The molecule has 1 aromatic rings. The normalized spacial score (nSPS) is 18.1. The quantitative estimate of drug-likeness (QED) is 0.876. The van der Waals surface area contributed by atoms with Gasteiger partial charge in [0, 0.05) is 12.8 Å². The Morgan fingerprint density at radius 1 is 1.26 bits per heavy atom. The smallest absolute Gasteiger partial charge is 0.256 e. The van der Waals surface area contributed by atoms with E-state index in [1.54, 1.807) is 7.11 Å². The summed E-state index contributed by atoms with van der Waals surface area (Å²) in [5.74, 6) is -0.0419. The van der Waals surface area contributed by atoms with Crippen molar-refractivity contribution >= 4 is 11.6 Å². The van der Waals surface area contributed by atoms with E-state index in [-0.39, 0.29) is 5.91 Å². The first-order chi connectivity index (χ1) is 9.07. The molecule has 0 aliphatic carbocycles. The van der Waals surface area contributed by atoms with Crippen molar-refractivity contribution in [3.8, 4) is 0 Å². The second-order valence-electron chi connectivity index (χ2n) is 5.20. The van der Waals surface area contributed by atoms with Crippen LogP contribution in [-0.4, -0.2) is 31.7 Å². The van der Waals surface area contributed by atoms with Crippen LogP contribution in [0.25, 0.3) is 0 Å². The largest absolute Gasteiger partial charge is 0.368 e. The first kappa shape index (κ1) is 14.0. The van der Waals surface area contributed by atoms with E-state index in [0.29, 0.717) is 12.8 Å². The highest BCUT2D eigenvalue weighted by atomic mass is 16.5. The Labute approximate surface area is 114 Å². The average Bonchev–Trinajstić information content (AvgIpc) is 2.43. The highest BCUT2D eigenvalue weighted by molar-refractivity contribution is 5.97. The number of nitrogens with one attached hydrogen (secondary N) is 2. The van der Waals surface area contributed by atoms with Crippen LogP contribution in [0.3, 0.4) is 0 Å². The van der Waals surface area contributed by atoms with E-state index in [2.05, 4.69) is 17.6 Å². The van der Waals surface area contributed by atoms with E-state index >= 15 is 0 Å². The fraction of sp³-hybridized carbons (Fsp3) is 0.533. The van der Waals surface area contributed by atoms with E-state index in [4.69, 9.17) is 4.74 Å². The van der Waals surface area contributed by atoms with Crippen LogP contribution in [0.4, 0.5) is 5.69 Å². The summed E-state index contributed by atoms with van der Waals surface area (Å²) >= 11 is 0. The van der Waals surface area contributed by atoms with Crippen molar-refractivity contribution in [1.29, 1.82) is 0 Å². The lowest BCUT2D eigenvalue weighted by Gasteiger charge is -2.34. The summed E-state index contributed by atoms with van der Waals surface area (Å²) in [7, 11) is 1.62. The summed E-state index contributed by atoms with van der Waals surface area (Å²) in [5, 5.41) is 6.23. The molecular formula is C15H22N2O2. The molecular weight excluding hydrogens is 240 g/mol. The molecule has 1 aliphatic heterocycles. The number of hydrogen-bond donors (Lipinski definition) is 2. The van der Waals surface area contributed by atoms with Gasteiger partial charge in [0.05, 0.1) is 0 Å². The number of rotatable bonds is 3. The highest BCUT2D eigenvalue weighted by Gasteiger charge is 2.39. The van der Waals surface area contributed by atoms with Gasteiger partial charge in [-0.25, -0.2) is 0 Å². The van der Waals surface area contributed by atoms with Gasteiger partial charge in [0.15, 0.2) is 0 Å². The number of hydrogen-bond acceptors (Lipinski definition) is 3. The Bertz CT molecular complexity index is 465. The van der Waals surface area contributed by atoms with Crippen LogP contribution in [0, 0.1) is 13.8 Å². The number of methoxy groups -OCH3 is 1. The zero-order valence-corrected chi connectivity index (χ0v) is 11.9. The first-order valence-electron chi connectivity index (χ1n) is 6.72. The summed E-state index contributed by atoms with van der Waals surface area (Å²) in [4.78, 5) is 12.5. The van der Waals surface area contributed by atoms with Gasteiger partial charge in [-0.1, -0.05) is 6.07 Å². The average molecular weight is 262 g/mol. The van der Waals surface area contributed by atoms with Gasteiger partial charge in [-0.05, 0) is 63.0 Å². The third-order valence-electron chi connectivity index (χ3n) is 3.98. The molecule has 0 unspecified atom stereocenters. The van der Waals surface area contributed by atoms with E-state index in [9.17, 15) is 4.79 Å². The van der Waals surface area contributed by atoms with Crippen LogP contribution in [0.2, 0.25) is 0 Å². The molecule has 19 heavy (non-hydrogen) atoms. The van der Waals surface area contributed by atoms with E-state index in [1.165, 1.54) is 11.1 Å². The monoisotopic (exact) mass is 262 g/mol. The molecule has 1 aromatic carbocycles. The molecule has 2 N–H and O–H groups in total. The summed E-state index contributed by atoms with van der Waals surface area (Å²) in [6, 6.07) is 5.95. The molecule has 0 saturated carbocycles. The molecule has 0 radical (unpaired) electrons. The molecule has 0 atom stereocenters. The Balaban J connectivity index is 2.12. The van der Waals surface area contributed by atoms with Crippen LogP contribution < -0.4 is 10.6 Å². The van der Waals surface area contributed by atoms with Gasteiger partial charge in [-0.2, -0.15) is 0 Å². The SMILES string of the molecule is COC1(C(=O)Nc2ccc(C)c(C)c2)CCNCC1. The molecule has 4 heteroatoms. The maximum atomic E-state index is 12.5. The van der Waals surface area contributed by atoms with Crippen molar-refractivity contribution in [2.45, 2.75) is 32.3 Å². The number of benzene rings is 1. The molecule has 1 heterocycles. The van der Waals surface area contributed by atoms with Gasteiger partial charge in [-0.3, -0.25) is 4.79 Å². The van der Waals surface area contributed by atoms with Crippen LogP contribution in [0.1, 0.15) is 24.0 Å². The van der Waals surface area contributed by atoms with E-state index in [0.717, 1.165) is 18.8 Å². The fourth-order valence-corrected chi connectivity index (χ4v) is 2.42. The number of piperidine rings is 1. The molecule has 2 rings (SSSR count). The third kappa shape index (κ3) is 2.96. The molecule has 0 aromatic heterocycles. The summed E-state index contributed by atoms with van der Waals surface area (Å²) in [5.41, 5.74) is 2.54. The lowest BCUT2D eigenvalue weighted by Crippen LogP contribution is -2.51. The highest BCUT2D eigenvalue weighted by Crippen LogP contribution is 2.25. The number of amides is 1. The zero-order chi connectivity index (χ0) is 13.9. The van der Waals surface area contributed by atoms with E-state index < -0.39 is 5.60 Å². The lowest BCUT2D eigenvalue weighted by molar-refractivity contribution is -0.140. The van der Waals surface area contributed by atoms with Crippen molar-refractivity contribution in [2.75, 3.05) is 25.5 Å². The zero-order valence-electron chi connectivity index (χ0n) is 11.9. The molecule has 0 spiro atoms. The van der Waals surface area contributed by atoms with Gasteiger partial charge in [0.25, 0.3) is 5.91 Å². The van der Waals surface area contributed by atoms with E-state index in [1.807, 2.05) is 25.1 Å². The van der Waals surface area contributed by atoms with Crippen molar-refractivity contribution in [3.05, 3.63) is 29.3 Å². The predicted octanol–water partition coefficient (Wildman–Crippen LogP) is 2.01. The third-order valence-corrected chi connectivity index (χ3v) is 3.98. The van der Waals surface area contributed by atoms with Crippen LogP contribution in [0.15, 0.2) is 18.2 Å². The second kappa shape index (κ2) is 5.72. The maximum absolute atomic E-state index is 12.5. The summed E-state index contributed by atoms with van der Waals surface area (Å²) in [6.07, 6.45) is 1.42. The van der Waals surface area contributed by atoms with Crippen LogP contribution in [-0.2, 0) is 9.53 Å². The number of carbonyl (C=O) groups is 1. The molecule has 1 aliphatic rings. The number of carbonyl (C=O) groups excluding carboxylic acids is 1. The predicted molar refractivity (Wildman–Crippen MR) is 76.4 cm³/mol. The minimum atomic E-state index is -0.690. The summed E-state index contributed by atoms with van der Waals surface area (Å²) in [6.45, 7) is 5.73. The molecule has 1 fully saturated rings. The second-order valence-corrected chi connectivity index (χ2v) is 5.20. The van der Waals surface area contributed by atoms with Gasteiger partial charge in [-0.15, -0.1) is 0 Å². The first-order valence-corrected chi connectivity index (χ1v) is 6.72. The molecule has 1 saturated heterocycles. The Morgan fingerprint density at radius 3 is 2.53 bits per heavy atom. The minimum Gasteiger partial charge on any atom is -0.368 e.